The standard InChI is InChI=1S/C16H17FN2O3/c1-21-14-5-3-11(9-15(14)22-2)4-6-16(20)19-13-7-8-18-10-12(13)17/h3,5,7-10H,4,6H2,1-2H3,(H,18,19,20). The number of amides is 1. The van der Waals surface area contributed by atoms with Gasteiger partial charge in [0.2, 0.25) is 5.91 Å². The minimum Gasteiger partial charge on any atom is -0.493 e. The van der Waals surface area contributed by atoms with Crippen LogP contribution in [0, 0.1) is 5.82 Å². The number of pyridine rings is 1. The van der Waals surface area contributed by atoms with Crippen LogP contribution in [-0.4, -0.2) is 25.1 Å². The lowest BCUT2D eigenvalue weighted by molar-refractivity contribution is -0.116. The lowest BCUT2D eigenvalue weighted by Crippen LogP contribution is -2.13. The molecule has 1 amide bonds. The third-order valence-corrected chi connectivity index (χ3v) is 3.14. The summed E-state index contributed by atoms with van der Waals surface area (Å²) in [6, 6.07) is 6.89. The van der Waals surface area contributed by atoms with Crippen molar-refractivity contribution in [1.82, 2.24) is 4.98 Å². The molecule has 0 fully saturated rings. The Hall–Kier alpha value is -2.63. The number of nitrogens with one attached hydrogen (secondary N) is 1. The summed E-state index contributed by atoms with van der Waals surface area (Å²) in [5, 5.41) is 2.52. The van der Waals surface area contributed by atoms with Crippen LogP contribution in [-0.2, 0) is 11.2 Å². The van der Waals surface area contributed by atoms with Crippen molar-refractivity contribution in [3.8, 4) is 11.5 Å². The van der Waals surface area contributed by atoms with Crippen molar-refractivity contribution < 1.29 is 18.7 Å². The first kappa shape index (κ1) is 15.8. The molecule has 116 valence electrons. The number of ether oxygens (including phenoxy) is 2. The van der Waals surface area contributed by atoms with Gasteiger partial charge in [0.05, 0.1) is 26.1 Å². The molecule has 0 aliphatic carbocycles. The summed E-state index contributed by atoms with van der Waals surface area (Å²) in [7, 11) is 3.12. The molecule has 0 aliphatic heterocycles. The quantitative estimate of drug-likeness (QED) is 0.891. The summed E-state index contributed by atoms with van der Waals surface area (Å²) < 4.78 is 23.8. The second-order valence-corrected chi connectivity index (χ2v) is 4.59. The van der Waals surface area contributed by atoms with Crippen LogP contribution >= 0.6 is 0 Å². The number of benzene rings is 1. The van der Waals surface area contributed by atoms with Gasteiger partial charge in [0.1, 0.15) is 0 Å². The molecule has 0 spiro atoms. The van der Waals surface area contributed by atoms with Crippen molar-refractivity contribution in [3.63, 3.8) is 0 Å². The van der Waals surface area contributed by atoms with Crippen molar-refractivity contribution in [2.24, 2.45) is 0 Å². The van der Waals surface area contributed by atoms with Crippen LogP contribution in [0.1, 0.15) is 12.0 Å². The SMILES string of the molecule is COc1ccc(CCC(=O)Nc2ccncc2F)cc1OC. The number of nitrogens with zero attached hydrogens (tertiary/aromatic N) is 1. The first-order chi connectivity index (χ1) is 10.6. The number of aromatic nitrogens is 1. The summed E-state index contributed by atoms with van der Waals surface area (Å²) in [6.07, 6.45) is 3.23. The van der Waals surface area contributed by atoms with Gasteiger partial charge in [0.15, 0.2) is 17.3 Å². The minimum absolute atomic E-state index is 0.132. The second kappa shape index (κ2) is 7.40. The van der Waals surface area contributed by atoms with E-state index in [0.717, 1.165) is 11.8 Å². The smallest absolute Gasteiger partial charge is 0.224 e. The maximum atomic E-state index is 13.4. The molecule has 0 aliphatic rings. The van der Waals surface area contributed by atoms with E-state index in [9.17, 15) is 9.18 Å². The highest BCUT2D eigenvalue weighted by Gasteiger charge is 2.09. The highest BCUT2D eigenvalue weighted by atomic mass is 19.1. The predicted octanol–water partition coefficient (Wildman–Crippen LogP) is 2.81. The molecule has 5 nitrogen and oxygen atoms in total. The number of hydrogen-bond donors (Lipinski definition) is 1. The summed E-state index contributed by atoms with van der Waals surface area (Å²) in [5.74, 6) is 0.428. The molecule has 2 rings (SSSR count). The third kappa shape index (κ3) is 3.94. The zero-order valence-corrected chi connectivity index (χ0v) is 12.4. The fraction of sp³-hybridized carbons (Fsp3) is 0.250. The van der Waals surface area contributed by atoms with Crippen LogP contribution < -0.4 is 14.8 Å². The van der Waals surface area contributed by atoms with E-state index < -0.39 is 5.82 Å². The number of methoxy groups -OCH3 is 2. The van der Waals surface area contributed by atoms with Gasteiger partial charge in [-0.3, -0.25) is 9.78 Å². The number of halogens is 1. The zero-order valence-electron chi connectivity index (χ0n) is 12.4. The van der Waals surface area contributed by atoms with Crippen molar-refractivity contribution in [1.29, 1.82) is 0 Å². The zero-order chi connectivity index (χ0) is 15.9. The minimum atomic E-state index is -0.554. The number of aryl methyl sites for hydroxylation is 1. The Bertz CT molecular complexity index is 662. The number of carbonyl (C=O) groups excluding carboxylic acids is 1. The van der Waals surface area contributed by atoms with E-state index >= 15 is 0 Å². The van der Waals surface area contributed by atoms with Crippen molar-refractivity contribution in [2.75, 3.05) is 19.5 Å². The van der Waals surface area contributed by atoms with Gasteiger partial charge < -0.3 is 14.8 Å². The van der Waals surface area contributed by atoms with Crippen molar-refractivity contribution >= 4 is 11.6 Å². The molecule has 0 saturated heterocycles. The summed E-state index contributed by atoms with van der Waals surface area (Å²) >= 11 is 0. The van der Waals surface area contributed by atoms with E-state index in [2.05, 4.69) is 10.3 Å². The highest BCUT2D eigenvalue weighted by molar-refractivity contribution is 5.90. The van der Waals surface area contributed by atoms with Crippen LogP contribution in [0.2, 0.25) is 0 Å². The summed E-state index contributed by atoms with van der Waals surface area (Å²) in [5.41, 5.74) is 1.07. The Morgan fingerprint density at radius 1 is 1.23 bits per heavy atom. The molecule has 0 saturated carbocycles. The van der Waals surface area contributed by atoms with E-state index in [0.29, 0.717) is 17.9 Å². The fourth-order valence-corrected chi connectivity index (χ4v) is 1.98. The van der Waals surface area contributed by atoms with Crippen LogP contribution in [0.15, 0.2) is 36.7 Å². The van der Waals surface area contributed by atoms with Gasteiger partial charge in [0.25, 0.3) is 0 Å². The molecule has 6 heteroatoms. The molecule has 1 aromatic heterocycles. The molecular formula is C16H17FN2O3. The molecule has 0 radical (unpaired) electrons. The van der Waals surface area contributed by atoms with E-state index in [1.54, 1.807) is 20.3 Å². The molecule has 22 heavy (non-hydrogen) atoms. The van der Waals surface area contributed by atoms with Gasteiger partial charge in [-0.15, -0.1) is 0 Å². The van der Waals surface area contributed by atoms with E-state index in [1.165, 1.54) is 12.3 Å². The average molecular weight is 304 g/mol. The fourth-order valence-electron chi connectivity index (χ4n) is 1.98. The number of hydrogen-bond acceptors (Lipinski definition) is 4. The van der Waals surface area contributed by atoms with Gasteiger partial charge in [-0.05, 0) is 30.2 Å². The topological polar surface area (TPSA) is 60.5 Å². The van der Waals surface area contributed by atoms with E-state index in [1.807, 2.05) is 12.1 Å². The van der Waals surface area contributed by atoms with Gasteiger partial charge in [-0.25, -0.2) is 4.39 Å². The largest absolute Gasteiger partial charge is 0.493 e. The molecule has 1 N–H and O–H groups in total. The Morgan fingerprint density at radius 3 is 2.68 bits per heavy atom. The summed E-state index contributed by atoms with van der Waals surface area (Å²) in [6.45, 7) is 0. The van der Waals surface area contributed by atoms with Crippen LogP contribution in [0.3, 0.4) is 0 Å². The first-order valence-corrected chi connectivity index (χ1v) is 6.74. The second-order valence-electron chi connectivity index (χ2n) is 4.59. The Balaban J connectivity index is 1.95. The third-order valence-electron chi connectivity index (χ3n) is 3.14. The maximum Gasteiger partial charge on any atom is 0.224 e. The van der Waals surface area contributed by atoms with E-state index in [-0.39, 0.29) is 18.0 Å². The number of anilines is 1. The Kier molecular flexibility index (Phi) is 5.30. The van der Waals surface area contributed by atoms with E-state index in [4.69, 9.17) is 9.47 Å². The molecule has 1 aromatic carbocycles. The molecule has 0 bridgehead atoms. The van der Waals surface area contributed by atoms with Gasteiger partial charge >= 0.3 is 0 Å². The monoisotopic (exact) mass is 304 g/mol. The highest BCUT2D eigenvalue weighted by Crippen LogP contribution is 2.28. The molecule has 1 heterocycles. The molecule has 2 aromatic rings. The normalized spacial score (nSPS) is 10.1. The van der Waals surface area contributed by atoms with Crippen LogP contribution in [0.5, 0.6) is 11.5 Å². The van der Waals surface area contributed by atoms with Crippen molar-refractivity contribution in [2.45, 2.75) is 12.8 Å². The average Bonchev–Trinajstić information content (AvgIpc) is 2.54. The maximum absolute atomic E-state index is 13.4. The lowest BCUT2D eigenvalue weighted by atomic mass is 10.1. The van der Waals surface area contributed by atoms with Crippen LogP contribution in [0.4, 0.5) is 10.1 Å². The molecule has 0 atom stereocenters. The van der Waals surface area contributed by atoms with Gasteiger partial charge in [0, 0.05) is 12.6 Å². The lowest BCUT2D eigenvalue weighted by Gasteiger charge is -2.10. The number of rotatable bonds is 6. The Labute approximate surface area is 128 Å². The van der Waals surface area contributed by atoms with Crippen molar-refractivity contribution in [3.05, 3.63) is 48.0 Å². The molecular weight excluding hydrogens is 287 g/mol. The molecule has 0 unspecified atom stereocenters. The van der Waals surface area contributed by atoms with Crippen LogP contribution in [0.25, 0.3) is 0 Å². The first-order valence-electron chi connectivity index (χ1n) is 6.74. The van der Waals surface area contributed by atoms with Gasteiger partial charge in [-0.2, -0.15) is 0 Å². The predicted molar refractivity (Wildman–Crippen MR) is 80.7 cm³/mol. The summed E-state index contributed by atoms with van der Waals surface area (Å²) in [4.78, 5) is 15.5. The van der Waals surface area contributed by atoms with Gasteiger partial charge in [-0.1, -0.05) is 6.07 Å². The Morgan fingerprint density at radius 2 is 2.00 bits per heavy atom. The number of carbonyl (C=O) groups is 1.